The number of aliphatic hydroxyl groups is 1. The molecule has 0 saturated carbocycles. The van der Waals surface area contributed by atoms with Crippen LogP contribution in [0.15, 0.2) is 18.2 Å². The van der Waals surface area contributed by atoms with E-state index in [1.54, 1.807) is 13.0 Å². The highest BCUT2D eigenvalue weighted by Crippen LogP contribution is 2.26. The van der Waals surface area contributed by atoms with E-state index in [-0.39, 0.29) is 0 Å². The first-order chi connectivity index (χ1) is 6.11. The number of nitrogens with two attached hydrogens (primary N) is 1. The number of rotatable bonds is 3. The van der Waals surface area contributed by atoms with E-state index in [0.29, 0.717) is 17.3 Å². The van der Waals surface area contributed by atoms with Crippen LogP contribution in [0.1, 0.15) is 6.92 Å². The molecular formula is C9H13ClN2O. The number of nitrogens with one attached hydrogen (secondary N) is 1. The summed E-state index contributed by atoms with van der Waals surface area (Å²) >= 11 is 5.80. The van der Waals surface area contributed by atoms with Gasteiger partial charge in [-0.2, -0.15) is 0 Å². The van der Waals surface area contributed by atoms with Crippen LogP contribution in [0.5, 0.6) is 0 Å². The van der Waals surface area contributed by atoms with Gasteiger partial charge in [-0.25, -0.2) is 0 Å². The lowest BCUT2D eigenvalue weighted by Crippen LogP contribution is -2.16. The second-order valence-electron chi connectivity index (χ2n) is 2.93. The van der Waals surface area contributed by atoms with Gasteiger partial charge in [0.2, 0.25) is 0 Å². The Morgan fingerprint density at radius 1 is 1.62 bits per heavy atom. The molecule has 0 bridgehead atoms. The van der Waals surface area contributed by atoms with Crippen LogP contribution in [0.25, 0.3) is 0 Å². The van der Waals surface area contributed by atoms with Gasteiger partial charge in [-0.1, -0.05) is 17.7 Å². The highest BCUT2D eigenvalue weighted by atomic mass is 35.5. The predicted molar refractivity (Wildman–Crippen MR) is 56.0 cm³/mol. The lowest BCUT2D eigenvalue weighted by atomic mass is 10.2. The number of hydrogen-bond acceptors (Lipinski definition) is 3. The average Bonchev–Trinajstić information content (AvgIpc) is 2.07. The van der Waals surface area contributed by atoms with E-state index in [0.717, 1.165) is 5.69 Å². The van der Waals surface area contributed by atoms with Crippen LogP contribution < -0.4 is 11.1 Å². The summed E-state index contributed by atoms with van der Waals surface area (Å²) in [5.74, 6) is 0. The zero-order valence-electron chi connectivity index (χ0n) is 7.42. The Balaban J connectivity index is 2.71. The Morgan fingerprint density at radius 3 is 2.92 bits per heavy atom. The summed E-state index contributed by atoms with van der Waals surface area (Å²) in [6, 6.07) is 5.36. The molecule has 0 saturated heterocycles. The van der Waals surface area contributed by atoms with Crippen molar-refractivity contribution in [3.63, 3.8) is 0 Å². The van der Waals surface area contributed by atoms with Gasteiger partial charge in [-0.3, -0.25) is 0 Å². The molecule has 0 aliphatic rings. The Kier molecular flexibility index (Phi) is 3.39. The fourth-order valence-corrected chi connectivity index (χ4v) is 1.12. The number of benzene rings is 1. The molecule has 1 rings (SSSR count). The van der Waals surface area contributed by atoms with E-state index in [1.165, 1.54) is 0 Å². The molecule has 0 amide bonds. The van der Waals surface area contributed by atoms with Crippen molar-refractivity contribution in [1.29, 1.82) is 0 Å². The first-order valence-electron chi connectivity index (χ1n) is 4.07. The van der Waals surface area contributed by atoms with Crippen molar-refractivity contribution < 1.29 is 5.11 Å². The molecule has 1 unspecified atom stereocenters. The maximum Gasteiger partial charge on any atom is 0.0739 e. The first-order valence-corrected chi connectivity index (χ1v) is 4.45. The van der Waals surface area contributed by atoms with Gasteiger partial charge in [-0.05, 0) is 19.1 Å². The minimum atomic E-state index is -0.404. The van der Waals surface area contributed by atoms with Gasteiger partial charge in [0.1, 0.15) is 0 Å². The summed E-state index contributed by atoms with van der Waals surface area (Å²) < 4.78 is 0. The summed E-state index contributed by atoms with van der Waals surface area (Å²) in [6.45, 7) is 2.16. The second-order valence-corrected chi connectivity index (χ2v) is 3.34. The Bertz CT molecular complexity index is 289. The van der Waals surface area contributed by atoms with Crippen molar-refractivity contribution in [1.82, 2.24) is 0 Å². The normalized spacial score (nSPS) is 12.5. The molecular weight excluding hydrogens is 188 g/mol. The van der Waals surface area contributed by atoms with Crippen molar-refractivity contribution in [2.75, 3.05) is 17.6 Å². The summed E-state index contributed by atoms with van der Waals surface area (Å²) in [5.41, 5.74) is 6.97. The molecule has 13 heavy (non-hydrogen) atoms. The number of nitrogen functional groups attached to an aromatic ring is 1. The molecule has 0 heterocycles. The third-order valence-corrected chi connectivity index (χ3v) is 1.97. The molecule has 3 nitrogen and oxygen atoms in total. The first kappa shape index (κ1) is 10.2. The van der Waals surface area contributed by atoms with Crippen molar-refractivity contribution in [2.24, 2.45) is 0 Å². The topological polar surface area (TPSA) is 58.3 Å². The standard InChI is InChI=1S/C9H13ClN2O/c1-6(13)5-12-8-4-2-3-7(10)9(8)11/h2-4,6,12-13H,5,11H2,1H3. The third-order valence-electron chi connectivity index (χ3n) is 1.64. The van der Waals surface area contributed by atoms with Gasteiger partial charge >= 0.3 is 0 Å². The van der Waals surface area contributed by atoms with E-state index in [2.05, 4.69) is 5.32 Å². The zero-order chi connectivity index (χ0) is 9.84. The quantitative estimate of drug-likeness (QED) is 0.652. The lowest BCUT2D eigenvalue weighted by molar-refractivity contribution is 0.208. The highest BCUT2D eigenvalue weighted by Gasteiger charge is 2.02. The molecule has 72 valence electrons. The monoisotopic (exact) mass is 200 g/mol. The van der Waals surface area contributed by atoms with Gasteiger partial charge in [0.25, 0.3) is 0 Å². The smallest absolute Gasteiger partial charge is 0.0739 e. The fraction of sp³-hybridized carbons (Fsp3) is 0.333. The Morgan fingerprint density at radius 2 is 2.31 bits per heavy atom. The van der Waals surface area contributed by atoms with Gasteiger partial charge in [0.15, 0.2) is 0 Å². The molecule has 0 radical (unpaired) electrons. The van der Waals surface area contributed by atoms with Crippen molar-refractivity contribution in [2.45, 2.75) is 13.0 Å². The number of para-hydroxylation sites is 1. The molecule has 4 heteroatoms. The van der Waals surface area contributed by atoms with E-state index in [9.17, 15) is 0 Å². The summed E-state index contributed by atoms with van der Waals surface area (Å²) in [5, 5.41) is 12.6. The molecule has 0 spiro atoms. The van der Waals surface area contributed by atoms with Crippen LogP contribution >= 0.6 is 11.6 Å². The van der Waals surface area contributed by atoms with Crippen LogP contribution in [-0.4, -0.2) is 17.8 Å². The summed E-state index contributed by atoms with van der Waals surface area (Å²) in [4.78, 5) is 0. The summed E-state index contributed by atoms with van der Waals surface area (Å²) in [7, 11) is 0. The molecule has 0 aliphatic carbocycles. The minimum Gasteiger partial charge on any atom is -0.396 e. The van der Waals surface area contributed by atoms with Crippen LogP contribution in [0.4, 0.5) is 11.4 Å². The zero-order valence-corrected chi connectivity index (χ0v) is 8.17. The SMILES string of the molecule is CC(O)CNc1cccc(Cl)c1N. The van der Waals surface area contributed by atoms with Crippen LogP contribution in [0.3, 0.4) is 0 Å². The van der Waals surface area contributed by atoms with E-state index in [4.69, 9.17) is 22.4 Å². The lowest BCUT2D eigenvalue weighted by Gasteiger charge is -2.11. The third kappa shape index (κ3) is 2.79. The van der Waals surface area contributed by atoms with Gasteiger partial charge < -0.3 is 16.2 Å². The molecule has 1 aromatic carbocycles. The van der Waals surface area contributed by atoms with E-state index < -0.39 is 6.10 Å². The molecule has 0 aliphatic heterocycles. The summed E-state index contributed by atoms with van der Waals surface area (Å²) in [6.07, 6.45) is -0.404. The predicted octanol–water partition coefficient (Wildman–Crippen LogP) is 1.71. The van der Waals surface area contributed by atoms with Gasteiger partial charge in [0.05, 0.1) is 22.5 Å². The molecule has 4 N–H and O–H groups in total. The number of hydrogen-bond donors (Lipinski definition) is 3. The minimum absolute atomic E-state index is 0.404. The van der Waals surface area contributed by atoms with Crippen LogP contribution in [0, 0.1) is 0 Å². The Labute approximate surface area is 82.5 Å². The van der Waals surface area contributed by atoms with Gasteiger partial charge in [-0.15, -0.1) is 0 Å². The van der Waals surface area contributed by atoms with E-state index in [1.807, 2.05) is 12.1 Å². The van der Waals surface area contributed by atoms with Crippen molar-refractivity contribution >= 4 is 23.0 Å². The van der Waals surface area contributed by atoms with E-state index >= 15 is 0 Å². The molecule has 1 aromatic rings. The van der Waals surface area contributed by atoms with Gasteiger partial charge in [0, 0.05) is 6.54 Å². The van der Waals surface area contributed by atoms with Crippen molar-refractivity contribution in [3.8, 4) is 0 Å². The maximum atomic E-state index is 9.04. The van der Waals surface area contributed by atoms with Crippen LogP contribution in [-0.2, 0) is 0 Å². The largest absolute Gasteiger partial charge is 0.396 e. The number of anilines is 2. The highest BCUT2D eigenvalue weighted by molar-refractivity contribution is 6.33. The van der Waals surface area contributed by atoms with Crippen LogP contribution in [0.2, 0.25) is 5.02 Å². The average molecular weight is 201 g/mol. The number of aliphatic hydroxyl groups excluding tert-OH is 1. The maximum absolute atomic E-state index is 9.04. The molecule has 1 atom stereocenters. The molecule has 0 aromatic heterocycles. The number of halogens is 1. The fourth-order valence-electron chi connectivity index (χ4n) is 0.949. The Hall–Kier alpha value is -0.930. The van der Waals surface area contributed by atoms with Crippen molar-refractivity contribution in [3.05, 3.63) is 23.2 Å². The second kappa shape index (κ2) is 4.35. The molecule has 0 fully saturated rings.